The zero-order valence-electron chi connectivity index (χ0n) is 22.9. The van der Waals surface area contributed by atoms with Gasteiger partial charge in [-0.15, -0.1) is 0 Å². The highest BCUT2D eigenvalue weighted by Gasteiger charge is 2.31. The van der Waals surface area contributed by atoms with E-state index in [4.69, 9.17) is 26.3 Å². The number of hydrogen-bond acceptors (Lipinski definition) is 8. The molecule has 6 rings (SSSR count). The van der Waals surface area contributed by atoms with Crippen molar-refractivity contribution in [2.45, 2.75) is 26.4 Å². The second-order valence-electron chi connectivity index (χ2n) is 11.0. The van der Waals surface area contributed by atoms with E-state index in [1.54, 1.807) is 4.90 Å². The van der Waals surface area contributed by atoms with Crippen LogP contribution in [0.3, 0.4) is 0 Å². The van der Waals surface area contributed by atoms with Gasteiger partial charge in [-0.3, -0.25) is 4.99 Å². The minimum Gasteiger partial charge on any atom is -0.444 e. The van der Waals surface area contributed by atoms with Gasteiger partial charge in [0.2, 0.25) is 5.95 Å². The monoisotopic (exact) mass is 557 g/mol. The van der Waals surface area contributed by atoms with E-state index in [9.17, 15) is 4.79 Å². The van der Waals surface area contributed by atoms with Crippen molar-refractivity contribution in [3.05, 3.63) is 70.9 Å². The number of ether oxygens (including phenoxy) is 1. The van der Waals surface area contributed by atoms with Crippen LogP contribution in [0, 0.1) is 0 Å². The molecule has 40 heavy (non-hydrogen) atoms. The largest absolute Gasteiger partial charge is 0.444 e. The van der Waals surface area contributed by atoms with Crippen LogP contribution in [-0.4, -0.2) is 71.7 Å². The number of benzene rings is 2. The molecule has 0 spiro atoms. The topological polar surface area (TPSA) is 86.2 Å². The Labute approximate surface area is 239 Å². The average molecular weight is 558 g/mol. The predicted octanol–water partition coefficient (Wildman–Crippen LogP) is 5.70. The third kappa shape index (κ3) is 5.34. The van der Waals surface area contributed by atoms with E-state index in [0.717, 1.165) is 59.4 Å². The quantitative estimate of drug-likeness (QED) is 0.440. The molecule has 1 aromatic heterocycles. The number of piperazine rings is 1. The van der Waals surface area contributed by atoms with Gasteiger partial charge in [0.05, 0.1) is 6.54 Å². The average Bonchev–Trinajstić information content (AvgIpc) is 3.43. The van der Waals surface area contributed by atoms with Crippen LogP contribution in [0.4, 0.5) is 27.9 Å². The summed E-state index contributed by atoms with van der Waals surface area (Å²) in [6.07, 6.45) is 3.65. The van der Waals surface area contributed by atoms with Gasteiger partial charge < -0.3 is 24.8 Å². The Bertz CT molecular complexity index is 1510. The van der Waals surface area contributed by atoms with Crippen LogP contribution >= 0.6 is 11.6 Å². The molecule has 10 heteroatoms. The van der Waals surface area contributed by atoms with E-state index >= 15 is 0 Å². The van der Waals surface area contributed by atoms with Crippen molar-refractivity contribution in [2.24, 2.45) is 4.99 Å². The number of rotatable bonds is 4. The van der Waals surface area contributed by atoms with Crippen molar-refractivity contribution in [2.75, 3.05) is 54.4 Å². The van der Waals surface area contributed by atoms with E-state index < -0.39 is 5.60 Å². The zero-order chi connectivity index (χ0) is 27.9. The number of amides is 1. The first-order valence-corrected chi connectivity index (χ1v) is 13.9. The van der Waals surface area contributed by atoms with Gasteiger partial charge in [0.25, 0.3) is 0 Å². The first-order chi connectivity index (χ1) is 19.2. The molecular weight excluding hydrogens is 526 g/mol. The van der Waals surface area contributed by atoms with Gasteiger partial charge in [0, 0.05) is 72.0 Å². The number of amidine groups is 1. The lowest BCUT2D eigenvalue weighted by molar-refractivity contribution is 0.0240. The molecule has 4 heterocycles. The predicted molar refractivity (Wildman–Crippen MR) is 161 cm³/mol. The summed E-state index contributed by atoms with van der Waals surface area (Å²) in [7, 11) is 0. The van der Waals surface area contributed by atoms with Gasteiger partial charge >= 0.3 is 6.09 Å². The van der Waals surface area contributed by atoms with Crippen LogP contribution in [0.2, 0.25) is 5.02 Å². The molecule has 0 radical (unpaired) electrons. The van der Waals surface area contributed by atoms with Crippen LogP contribution in [0.5, 0.6) is 0 Å². The van der Waals surface area contributed by atoms with Crippen LogP contribution in [0.25, 0.3) is 11.6 Å². The molecule has 0 aliphatic carbocycles. The Kier molecular flexibility index (Phi) is 6.83. The van der Waals surface area contributed by atoms with E-state index in [-0.39, 0.29) is 6.09 Å². The van der Waals surface area contributed by atoms with Crippen molar-refractivity contribution >= 4 is 58.3 Å². The molecule has 1 fully saturated rings. The summed E-state index contributed by atoms with van der Waals surface area (Å²) in [6, 6.07) is 16.0. The lowest BCUT2D eigenvalue weighted by Gasteiger charge is -2.36. The SMILES string of the molecule is CC(C)(C)OC(=O)N1CCN(c2cccc(Nc3ncc4c(n3)N3CCN=C3C(c3ccccc3Cl)=C4)c2)CC1. The minimum atomic E-state index is -0.496. The Morgan fingerprint density at radius 3 is 2.60 bits per heavy atom. The van der Waals surface area contributed by atoms with E-state index in [2.05, 4.69) is 38.3 Å². The zero-order valence-corrected chi connectivity index (χ0v) is 23.6. The summed E-state index contributed by atoms with van der Waals surface area (Å²) in [5.74, 6) is 2.24. The molecule has 0 atom stereocenters. The van der Waals surface area contributed by atoms with Crippen molar-refractivity contribution in [3.8, 4) is 0 Å². The molecule has 0 saturated carbocycles. The number of halogens is 1. The molecule has 206 valence electrons. The van der Waals surface area contributed by atoms with Gasteiger partial charge in [-0.2, -0.15) is 4.98 Å². The number of aliphatic imine (C=N–C) groups is 1. The molecule has 1 N–H and O–H groups in total. The molecular formula is C30H32ClN7O2. The Morgan fingerprint density at radius 2 is 1.82 bits per heavy atom. The fourth-order valence-corrected chi connectivity index (χ4v) is 5.36. The summed E-state index contributed by atoms with van der Waals surface area (Å²) in [5, 5.41) is 4.07. The fraction of sp³-hybridized carbons (Fsp3) is 0.333. The second-order valence-corrected chi connectivity index (χ2v) is 11.4. The molecule has 3 aromatic rings. The van der Waals surface area contributed by atoms with Gasteiger partial charge in [-0.25, -0.2) is 9.78 Å². The highest BCUT2D eigenvalue weighted by atomic mass is 35.5. The Balaban J connectivity index is 1.18. The number of carbonyl (C=O) groups excluding carboxylic acids is 1. The lowest BCUT2D eigenvalue weighted by atomic mass is 9.98. The fourth-order valence-electron chi connectivity index (χ4n) is 5.13. The van der Waals surface area contributed by atoms with Crippen molar-refractivity contribution in [3.63, 3.8) is 0 Å². The molecule has 1 amide bonds. The maximum absolute atomic E-state index is 12.4. The van der Waals surface area contributed by atoms with E-state index in [1.165, 1.54) is 0 Å². The molecule has 2 aromatic carbocycles. The summed E-state index contributed by atoms with van der Waals surface area (Å²) in [5.41, 5.74) is 4.34. The summed E-state index contributed by atoms with van der Waals surface area (Å²) in [6.45, 7) is 9.81. The number of anilines is 4. The van der Waals surface area contributed by atoms with Crippen LogP contribution < -0.4 is 15.1 Å². The van der Waals surface area contributed by atoms with Gasteiger partial charge in [0.15, 0.2) is 0 Å². The summed E-state index contributed by atoms with van der Waals surface area (Å²) < 4.78 is 5.53. The molecule has 0 bridgehead atoms. The van der Waals surface area contributed by atoms with Crippen molar-refractivity contribution < 1.29 is 9.53 Å². The number of aromatic nitrogens is 2. The maximum Gasteiger partial charge on any atom is 0.410 e. The molecule has 3 aliphatic heterocycles. The number of carbonyl (C=O) groups is 1. The van der Waals surface area contributed by atoms with Crippen LogP contribution in [0.1, 0.15) is 31.9 Å². The minimum absolute atomic E-state index is 0.257. The highest BCUT2D eigenvalue weighted by Crippen LogP contribution is 2.37. The van der Waals surface area contributed by atoms with Gasteiger partial charge in [-0.05, 0) is 51.1 Å². The normalized spacial score (nSPS) is 16.6. The van der Waals surface area contributed by atoms with E-state index in [0.29, 0.717) is 30.6 Å². The van der Waals surface area contributed by atoms with Crippen molar-refractivity contribution in [1.82, 2.24) is 14.9 Å². The highest BCUT2D eigenvalue weighted by molar-refractivity contribution is 6.40. The lowest BCUT2D eigenvalue weighted by Crippen LogP contribution is -2.50. The van der Waals surface area contributed by atoms with Crippen LogP contribution in [0.15, 0.2) is 59.7 Å². The van der Waals surface area contributed by atoms with Gasteiger partial charge in [0.1, 0.15) is 17.3 Å². The molecule has 1 saturated heterocycles. The van der Waals surface area contributed by atoms with Gasteiger partial charge in [-0.1, -0.05) is 35.9 Å². The van der Waals surface area contributed by atoms with E-state index in [1.807, 2.05) is 63.4 Å². The molecule has 3 aliphatic rings. The number of nitrogens with zero attached hydrogens (tertiary/aromatic N) is 6. The summed E-state index contributed by atoms with van der Waals surface area (Å²) >= 11 is 6.52. The Hall–Kier alpha value is -4.11. The number of nitrogens with one attached hydrogen (secondary N) is 1. The molecule has 9 nitrogen and oxygen atoms in total. The standard InChI is InChI=1S/C30H32ClN7O2/c1-30(2,3)40-29(39)37-15-13-36(14-16-37)22-8-6-7-21(18-22)34-28-33-19-20-17-24(23-9-4-5-10-25(23)31)27-32-11-12-38(27)26(20)35-28/h4-10,17-19H,11-16H2,1-3H3,(H,33,34,35). The van der Waals surface area contributed by atoms with Crippen molar-refractivity contribution in [1.29, 1.82) is 0 Å². The Morgan fingerprint density at radius 1 is 1.02 bits per heavy atom. The second kappa shape index (κ2) is 10.5. The number of fused-ring (bicyclic) bond motifs is 3. The summed E-state index contributed by atoms with van der Waals surface area (Å²) in [4.78, 5) is 32.9. The smallest absolute Gasteiger partial charge is 0.410 e. The third-order valence-corrected chi connectivity index (χ3v) is 7.33. The van der Waals surface area contributed by atoms with Crippen LogP contribution in [-0.2, 0) is 4.74 Å². The third-order valence-electron chi connectivity index (χ3n) is 7.00. The molecule has 0 unspecified atom stereocenters. The number of hydrogen-bond donors (Lipinski definition) is 1. The first kappa shape index (κ1) is 26.1. The maximum atomic E-state index is 12.4. The first-order valence-electron chi connectivity index (χ1n) is 13.5.